The summed E-state index contributed by atoms with van der Waals surface area (Å²) in [4.78, 5) is 24.7. The zero-order valence-corrected chi connectivity index (χ0v) is 19.8. The van der Waals surface area contributed by atoms with Crippen molar-refractivity contribution in [2.24, 2.45) is 0 Å². The van der Waals surface area contributed by atoms with E-state index in [1.807, 2.05) is 24.3 Å². The molecule has 3 rings (SSSR count). The van der Waals surface area contributed by atoms with Gasteiger partial charge in [0.05, 0.1) is 22.5 Å². The Kier molecular flexibility index (Phi) is 8.21. The van der Waals surface area contributed by atoms with E-state index < -0.39 is 40.7 Å². The van der Waals surface area contributed by atoms with E-state index in [2.05, 4.69) is 39.4 Å². The largest absolute Gasteiger partial charge is 0.418 e. The van der Waals surface area contributed by atoms with Gasteiger partial charge in [0.25, 0.3) is 5.91 Å². The van der Waals surface area contributed by atoms with Gasteiger partial charge in [0, 0.05) is 11.0 Å². The molecule has 0 aromatic heterocycles. The number of nitrogens with one attached hydrogen (secondary N) is 2. The molecule has 34 heavy (non-hydrogen) atoms. The molecule has 0 aliphatic heterocycles. The normalized spacial score (nSPS) is 11.1. The summed E-state index contributed by atoms with van der Waals surface area (Å²) < 4.78 is 56.5. The Balaban J connectivity index is 1.73. The SMILES string of the molecule is O=C(Nc1ccc(N(S)C(=O)NCCc2ccc(Br)cc2)cc1C(F)(F)F)c1ccccc1F. The fourth-order valence-corrected chi connectivity index (χ4v) is 3.46. The van der Waals surface area contributed by atoms with E-state index in [0.717, 1.165) is 32.5 Å². The molecule has 0 fully saturated rings. The molecule has 0 unspecified atom stereocenters. The number of carbonyl (C=O) groups excluding carboxylic acids is 2. The minimum atomic E-state index is -4.86. The second-order valence-corrected chi connectivity index (χ2v) is 8.40. The number of benzene rings is 3. The average molecular weight is 556 g/mol. The van der Waals surface area contributed by atoms with Gasteiger partial charge in [-0.05, 0) is 54.4 Å². The van der Waals surface area contributed by atoms with Gasteiger partial charge in [-0.15, -0.1) is 0 Å². The third-order valence-corrected chi connectivity index (χ3v) is 5.66. The molecule has 0 heterocycles. The summed E-state index contributed by atoms with van der Waals surface area (Å²) in [5, 5.41) is 4.66. The van der Waals surface area contributed by atoms with Crippen LogP contribution in [0.5, 0.6) is 0 Å². The van der Waals surface area contributed by atoms with Crippen molar-refractivity contribution in [2.45, 2.75) is 12.6 Å². The molecule has 3 amide bonds. The molecule has 11 heteroatoms. The van der Waals surface area contributed by atoms with Crippen LogP contribution in [0.1, 0.15) is 21.5 Å². The minimum Gasteiger partial charge on any atom is -0.337 e. The highest BCUT2D eigenvalue weighted by atomic mass is 79.9. The molecule has 0 spiro atoms. The van der Waals surface area contributed by atoms with Crippen LogP contribution in [0.15, 0.2) is 71.2 Å². The summed E-state index contributed by atoms with van der Waals surface area (Å²) in [7, 11) is 0. The third-order valence-electron chi connectivity index (χ3n) is 4.72. The van der Waals surface area contributed by atoms with Crippen molar-refractivity contribution in [2.75, 3.05) is 16.2 Å². The number of amides is 3. The Morgan fingerprint density at radius 1 is 1.00 bits per heavy atom. The molecule has 0 atom stereocenters. The van der Waals surface area contributed by atoms with Crippen LogP contribution in [-0.4, -0.2) is 18.5 Å². The standard InChI is InChI=1S/C23H18BrF4N3O2S/c24-15-7-5-14(6-8-15)11-12-29-22(33)31(34)16-9-10-20(18(13-16)23(26,27)28)30-21(32)17-3-1-2-4-19(17)25/h1-10,13,34H,11-12H2,(H,29,33)(H,30,32). The number of hydrogen-bond donors (Lipinski definition) is 3. The van der Waals surface area contributed by atoms with E-state index in [9.17, 15) is 27.2 Å². The predicted molar refractivity (Wildman–Crippen MR) is 129 cm³/mol. The highest BCUT2D eigenvalue weighted by molar-refractivity contribution is 9.10. The quantitative estimate of drug-likeness (QED) is 0.241. The first kappa shape index (κ1) is 25.6. The summed E-state index contributed by atoms with van der Waals surface area (Å²) >= 11 is 7.34. The second-order valence-electron chi connectivity index (χ2n) is 7.08. The van der Waals surface area contributed by atoms with E-state index in [1.54, 1.807) is 0 Å². The number of halogens is 5. The third kappa shape index (κ3) is 6.51. The van der Waals surface area contributed by atoms with Crippen LogP contribution in [-0.2, 0) is 12.6 Å². The fraction of sp³-hybridized carbons (Fsp3) is 0.130. The van der Waals surface area contributed by atoms with Crippen LogP contribution in [0.3, 0.4) is 0 Å². The molecule has 5 nitrogen and oxygen atoms in total. The van der Waals surface area contributed by atoms with Crippen LogP contribution in [0, 0.1) is 5.82 Å². The molecular formula is C23H18BrF4N3O2S. The lowest BCUT2D eigenvalue weighted by Crippen LogP contribution is -2.35. The molecule has 0 radical (unpaired) electrons. The maximum absolute atomic E-state index is 13.8. The number of anilines is 2. The predicted octanol–water partition coefficient (Wildman–Crippen LogP) is 6.46. The smallest absolute Gasteiger partial charge is 0.337 e. The number of alkyl halides is 3. The van der Waals surface area contributed by atoms with E-state index in [1.165, 1.54) is 18.2 Å². The molecule has 0 aliphatic carbocycles. The van der Waals surface area contributed by atoms with Crippen molar-refractivity contribution >= 4 is 52.1 Å². The maximum atomic E-state index is 13.8. The van der Waals surface area contributed by atoms with Gasteiger partial charge in [-0.2, -0.15) is 13.2 Å². The average Bonchev–Trinajstić information content (AvgIpc) is 2.79. The zero-order chi connectivity index (χ0) is 24.9. The Bertz CT molecular complexity index is 1190. The first-order valence-electron chi connectivity index (χ1n) is 9.84. The molecular weight excluding hydrogens is 538 g/mol. The Hall–Kier alpha value is -3.05. The van der Waals surface area contributed by atoms with Crippen molar-refractivity contribution in [3.63, 3.8) is 0 Å². The zero-order valence-electron chi connectivity index (χ0n) is 17.4. The number of hydrogen-bond acceptors (Lipinski definition) is 3. The van der Waals surface area contributed by atoms with Crippen LogP contribution >= 0.6 is 28.7 Å². The van der Waals surface area contributed by atoms with Crippen LogP contribution in [0.25, 0.3) is 0 Å². The summed E-state index contributed by atoms with van der Waals surface area (Å²) in [6, 6.07) is 14.5. The molecule has 3 aromatic carbocycles. The second kappa shape index (κ2) is 10.9. The monoisotopic (exact) mass is 555 g/mol. The molecule has 3 aromatic rings. The van der Waals surface area contributed by atoms with E-state index in [4.69, 9.17) is 0 Å². The number of rotatable bonds is 6. The Morgan fingerprint density at radius 3 is 2.32 bits per heavy atom. The minimum absolute atomic E-state index is 0.166. The summed E-state index contributed by atoms with van der Waals surface area (Å²) in [6.07, 6.45) is -4.35. The van der Waals surface area contributed by atoms with Crippen molar-refractivity contribution in [3.8, 4) is 0 Å². The number of thiol groups is 1. The number of carbonyl (C=O) groups is 2. The lowest BCUT2D eigenvalue weighted by atomic mass is 10.1. The van der Waals surface area contributed by atoms with Gasteiger partial charge in [0.15, 0.2) is 0 Å². The van der Waals surface area contributed by atoms with Gasteiger partial charge in [-0.1, -0.05) is 53.0 Å². The van der Waals surface area contributed by atoms with Crippen molar-refractivity contribution in [1.29, 1.82) is 0 Å². The summed E-state index contributed by atoms with van der Waals surface area (Å²) in [5.41, 5.74) is -1.40. The van der Waals surface area contributed by atoms with Gasteiger partial charge < -0.3 is 10.6 Å². The van der Waals surface area contributed by atoms with Crippen LogP contribution < -0.4 is 14.9 Å². The highest BCUT2D eigenvalue weighted by Gasteiger charge is 2.35. The molecule has 0 saturated carbocycles. The first-order chi connectivity index (χ1) is 16.1. The first-order valence-corrected chi connectivity index (χ1v) is 11.0. The van der Waals surface area contributed by atoms with Gasteiger partial charge in [-0.3, -0.25) is 4.79 Å². The topological polar surface area (TPSA) is 61.4 Å². The van der Waals surface area contributed by atoms with Crippen molar-refractivity contribution in [3.05, 3.63) is 93.7 Å². The van der Waals surface area contributed by atoms with Crippen LogP contribution in [0.2, 0.25) is 0 Å². The van der Waals surface area contributed by atoms with Gasteiger partial charge in [0.1, 0.15) is 5.82 Å². The van der Waals surface area contributed by atoms with Gasteiger partial charge in [0.2, 0.25) is 0 Å². The van der Waals surface area contributed by atoms with E-state index in [0.29, 0.717) is 12.5 Å². The van der Waals surface area contributed by atoms with Crippen LogP contribution in [0.4, 0.5) is 33.7 Å². The molecule has 178 valence electrons. The lowest BCUT2D eigenvalue weighted by molar-refractivity contribution is -0.136. The van der Waals surface area contributed by atoms with E-state index >= 15 is 0 Å². The maximum Gasteiger partial charge on any atom is 0.418 e. The highest BCUT2D eigenvalue weighted by Crippen LogP contribution is 2.38. The lowest BCUT2D eigenvalue weighted by Gasteiger charge is -2.20. The fourth-order valence-electron chi connectivity index (χ4n) is 3.00. The van der Waals surface area contributed by atoms with E-state index in [-0.39, 0.29) is 12.2 Å². The van der Waals surface area contributed by atoms with Crippen molar-refractivity contribution in [1.82, 2.24) is 5.32 Å². The molecule has 0 saturated heterocycles. The van der Waals surface area contributed by atoms with Gasteiger partial charge in [-0.25, -0.2) is 13.5 Å². The Morgan fingerprint density at radius 2 is 1.68 bits per heavy atom. The number of nitrogens with zero attached hydrogens (tertiary/aromatic N) is 1. The number of urea groups is 1. The van der Waals surface area contributed by atoms with Crippen molar-refractivity contribution < 1.29 is 27.2 Å². The summed E-state index contributed by atoms with van der Waals surface area (Å²) in [5.74, 6) is -1.91. The molecule has 0 bridgehead atoms. The summed E-state index contributed by atoms with van der Waals surface area (Å²) in [6.45, 7) is 0.237. The Labute approximate surface area is 206 Å². The molecule has 2 N–H and O–H groups in total. The van der Waals surface area contributed by atoms with Gasteiger partial charge >= 0.3 is 12.2 Å². The molecule has 0 aliphatic rings.